The lowest BCUT2D eigenvalue weighted by Crippen LogP contribution is -2.42. The number of rotatable bonds is 6. The highest BCUT2D eigenvalue weighted by atomic mass is 79.9. The molecule has 0 atom stereocenters. The number of benzene rings is 2. The standard InChI is InChI=1S/C18H19BrN2O5S/c19-14-1-3-15(4-2-14)20-27(23,24)17-7-5-16(6-8-17)26-13-18(22)21-9-11-25-12-10-21/h1-8,20H,9-13H2. The highest BCUT2D eigenvalue weighted by Crippen LogP contribution is 2.21. The van der Waals surface area contributed by atoms with E-state index in [9.17, 15) is 13.2 Å². The van der Waals surface area contributed by atoms with Gasteiger partial charge in [-0.15, -0.1) is 0 Å². The van der Waals surface area contributed by atoms with Gasteiger partial charge in [-0.2, -0.15) is 0 Å². The molecule has 144 valence electrons. The minimum absolute atomic E-state index is 0.0940. The van der Waals surface area contributed by atoms with Gasteiger partial charge in [-0.1, -0.05) is 15.9 Å². The first-order chi connectivity index (χ1) is 12.9. The molecule has 1 amide bonds. The van der Waals surface area contributed by atoms with Crippen LogP contribution in [-0.2, 0) is 19.6 Å². The molecule has 2 aromatic rings. The summed E-state index contributed by atoms with van der Waals surface area (Å²) in [6.07, 6.45) is 0. The number of carbonyl (C=O) groups excluding carboxylic acids is 1. The van der Waals surface area contributed by atoms with E-state index in [0.717, 1.165) is 4.47 Å². The van der Waals surface area contributed by atoms with Gasteiger partial charge in [-0.25, -0.2) is 8.42 Å². The maximum Gasteiger partial charge on any atom is 0.261 e. The molecule has 0 aromatic heterocycles. The summed E-state index contributed by atoms with van der Waals surface area (Å²) in [7, 11) is -3.70. The van der Waals surface area contributed by atoms with Gasteiger partial charge in [0.2, 0.25) is 0 Å². The highest BCUT2D eigenvalue weighted by molar-refractivity contribution is 9.10. The number of anilines is 1. The van der Waals surface area contributed by atoms with Gasteiger partial charge in [0.15, 0.2) is 6.61 Å². The number of carbonyl (C=O) groups is 1. The summed E-state index contributed by atoms with van der Waals surface area (Å²) in [5.74, 6) is 0.311. The molecular formula is C18H19BrN2O5S. The van der Waals surface area contributed by atoms with Gasteiger partial charge in [0.25, 0.3) is 15.9 Å². The third-order valence-electron chi connectivity index (χ3n) is 3.96. The fraction of sp³-hybridized carbons (Fsp3) is 0.278. The molecule has 0 unspecified atom stereocenters. The highest BCUT2D eigenvalue weighted by Gasteiger charge is 2.18. The molecule has 7 nitrogen and oxygen atoms in total. The van der Waals surface area contributed by atoms with E-state index < -0.39 is 10.0 Å². The van der Waals surface area contributed by atoms with Crippen LogP contribution in [0.2, 0.25) is 0 Å². The fourth-order valence-corrected chi connectivity index (χ4v) is 3.82. The van der Waals surface area contributed by atoms with Crippen LogP contribution >= 0.6 is 15.9 Å². The van der Waals surface area contributed by atoms with E-state index in [1.807, 2.05) is 0 Å². The minimum atomic E-state index is -3.70. The van der Waals surface area contributed by atoms with E-state index in [2.05, 4.69) is 20.7 Å². The average molecular weight is 455 g/mol. The molecule has 1 aliphatic rings. The van der Waals surface area contributed by atoms with Gasteiger partial charge < -0.3 is 14.4 Å². The van der Waals surface area contributed by atoms with E-state index in [1.54, 1.807) is 29.2 Å². The summed E-state index contributed by atoms with van der Waals surface area (Å²) >= 11 is 3.30. The number of ether oxygens (including phenoxy) is 2. The Hall–Kier alpha value is -2.10. The third-order valence-corrected chi connectivity index (χ3v) is 5.88. The molecule has 9 heteroatoms. The summed E-state index contributed by atoms with van der Waals surface area (Å²) in [4.78, 5) is 13.9. The van der Waals surface area contributed by atoms with Crippen LogP contribution in [0.25, 0.3) is 0 Å². The van der Waals surface area contributed by atoms with Crippen molar-refractivity contribution in [2.45, 2.75) is 4.90 Å². The summed E-state index contributed by atoms with van der Waals surface area (Å²) in [6, 6.07) is 12.8. The molecule has 2 aromatic carbocycles. The normalized spacial score (nSPS) is 14.6. The van der Waals surface area contributed by atoms with Gasteiger partial charge >= 0.3 is 0 Å². The Balaban J connectivity index is 1.58. The van der Waals surface area contributed by atoms with E-state index in [4.69, 9.17) is 9.47 Å². The van der Waals surface area contributed by atoms with Crippen LogP contribution in [0, 0.1) is 0 Å². The second-order valence-corrected chi connectivity index (χ2v) is 8.46. The van der Waals surface area contributed by atoms with Gasteiger partial charge in [-0.3, -0.25) is 9.52 Å². The van der Waals surface area contributed by atoms with Crippen molar-refractivity contribution < 1.29 is 22.7 Å². The Labute approximate surface area is 166 Å². The lowest BCUT2D eigenvalue weighted by Gasteiger charge is -2.26. The SMILES string of the molecule is O=C(COc1ccc(S(=O)(=O)Nc2ccc(Br)cc2)cc1)N1CCOCC1. The minimum Gasteiger partial charge on any atom is -0.484 e. The Morgan fingerprint density at radius 2 is 1.70 bits per heavy atom. The van der Waals surface area contributed by atoms with Gasteiger partial charge in [0, 0.05) is 23.2 Å². The predicted octanol–water partition coefficient (Wildman–Crippen LogP) is 2.49. The number of amides is 1. The number of morpholine rings is 1. The monoisotopic (exact) mass is 454 g/mol. The zero-order valence-corrected chi connectivity index (χ0v) is 16.8. The zero-order valence-electron chi connectivity index (χ0n) is 14.4. The molecule has 0 radical (unpaired) electrons. The smallest absolute Gasteiger partial charge is 0.261 e. The van der Waals surface area contributed by atoms with Crippen molar-refractivity contribution >= 4 is 37.5 Å². The number of sulfonamides is 1. The Kier molecular flexibility index (Phi) is 6.35. The molecule has 0 saturated carbocycles. The van der Waals surface area contributed by atoms with Crippen molar-refractivity contribution in [1.29, 1.82) is 0 Å². The van der Waals surface area contributed by atoms with Crippen molar-refractivity contribution in [3.8, 4) is 5.75 Å². The molecule has 1 aliphatic heterocycles. The van der Waals surface area contributed by atoms with Crippen LogP contribution in [0.3, 0.4) is 0 Å². The summed E-state index contributed by atoms with van der Waals surface area (Å²) in [6.45, 7) is 2.08. The average Bonchev–Trinajstić information content (AvgIpc) is 2.69. The molecule has 1 saturated heterocycles. The van der Waals surface area contributed by atoms with Gasteiger partial charge in [0.05, 0.1) is 18.1 Å². The number of hydrogen-bond acceptors (Lipinski definition) is 5. The first-order valence-electron chi connectivity index (χ1n) is 8.31. The van der Waals surface area contributed by atoms with E-state index in [0.29, 0.717) is 37.7 Å². The van der Waals surface area contributed by atoms with Crippen LogP contribution in [0.4, 0.5) is 5.69 Å². The third kappa shape index (κ3) is 5.44. The van der Waals surface area contributed by atoms with Crippen LogP contribution in [-0.4, -0.2) is 52.1 Å². The maximum atomic E-state index is 12.4. The topological polar surface area (TPSA) is 84.9 Å². The van der Waals surface area contributed by atoms with Crippen LogP contribution in [0.15, 0.2) is 57.9 Å². The fourth-order valence-electron chi connectivity index (χ4n) is 2.50. The van der Waals surface area contributed by atoms with Crippen LogP contribution < -0.4 is 9.46 Å². The Morgan fingerprint density at radius 1 is 1.07 bits per heavy atom. The van der Waals surface area contributed by atoms with Crippen LogP contribution in [0.1, 0.15) is 0 Å². The zero-order chi connectivity index (χ0) is 19.3. The van der Waals surface area contributed by atoms with Gasteiger partial charge in [-0.05, 0) is 48.5 Å². The maximum absolute atomic E-state index is 12.4. The first-order valence-corrected chi connectivity index (χ1v) is 10.6. The first kappa shape index (κ1) is 19.7. The largest absolute Gasteiger partial charge is 0.484 e. The van der Waals surface area contributed by atoms with Crippen molar-refractivity contribution in [3.05, 3.63) is 53.0 Å². The summed E-state index contributed by atoms with van der Waals surface area (Å²) < 4.78 is 38.9. The van der Waals surface area contributed by atoms with Gasteiger partial charge in [0.1, 0.15) is 5.75 Å². The Bertz CT molecular complexity index is 879. The number of halogens is 1. The number of nitrogens with zero attached hydrogens (tertiary/aromatic N) is 1. The summed E-state index contributed by atoms with van der Waals surface area (Å²) in [5.41, 5.74) is 0.467. The molecule has 1 N–H and O–H groups in total. The molecule has 27 heavy (non-hydrogen) atoms. The molecule has 1 fully saturated rings. The van der Waals surface area contributed by atoms with E-state index in [-0.39, 0.29) is 17.4 Å². The van der Waals surface area contributed by atoms with Crippen molar-refractivity contribution in [3.63, 3.8) is 0 Å². The van der Waals surface area contributed by atoms with E-state index >= 15 is 0 Å². The second-order valence-electron chi connectivity index (χ2n) is 5.87. The number of hydrogen-bond donors (Lipinski definition) is 1. The number of nitrogens with one attached hydrogen (secondary N) is 1. The molecule has 3 rings (SSSR count). The van der Waals surface area contributed by atoms with Crippen molar-refractivity contribution in [1.82, 2.24) is 4.90 Å². The molecule has 1 heterocycles. The Morgan fingerprint density at radius 3 is 2.33 bits per heavy atom. The lowest BCUT2D eigenvalue weighted by molar-refractivity contribution is -0.137. The molecule has 0 spiro atoms. The van der Waals surface area contributed by atoms with Crippen molar-refractivity contribution in [2.24, 2.45) is 0 Å². The molecule has 0 bridgehead atoms. The second kappa shape index (κ2) is 8.73. The summed E-state index contributed by atoms with van der Waals surface area (Å²) in [5, 5.41) is 0. The van der Waals surface area contributed by atoms with Crippen molar-refractivity contribution in [2.75, 3.05) is 37.6 Å². The van der Waals surface area contributed by atoms with Crippen LogP contribution in [0.5, 0.6) is 5.75 Å². The molecular weight excluding hydrogens is 436 g/mol. The molecule has 0 aliphatic carbocycles. The predicted molar refractivity (Wildman–Crippen MR) is 104 cm³/mol. The lowest BCUT2D eigenvalue weighted by atomic mass is 10.3. The quantitative estimate of drug-likeness (QED) is 0.724. The van der Waals surface area contributed by atoms with E-state index in [1.165, 1.54) is 24.3 Å².